The molecule has 0 aliphatic rings. The van der Waals surface area contributed by atoms with Gasteiger partial charge < -0.3 is 10.1 Å². The van der Waals surface area contributed by atoms with E-state index < -0.39 is 0 Å². The normalized spacial score (nSPS) is 11.2. The minimum Gasteiger partial charge on any atom is -0.482 e. The molecule has 1 aromatic carbocycles. The molecule has 0 fully saturated rings. The van der Waals surface area contributed by atoms with E-state index in [0.29, 0.717) is 29.4 Å². The lowest BCUT2D eigenvalue weighted by molar-refractivity contribution is -0.123. The molecule has 0 bridgehead atoms. The third-order valence-electron chi connectivity index (χ3n) is 3.21. The van der Waals surface area contributed by atoms with Gasteiger partial charge in [-0.1, -0.05) is 23.7 Å². The van der Waals surface area contributed by atoms with Crippen LogP contribution in [-0.2, 0) is 4.79 Å². The van der Waals surface area contributed by atoms with Gasteiger partial charge >= 0.3 is 0 Å². The zero-order chi connectivity index (χ0) is 15.8. The highest BCUT2D eigenvalue weighted by molar-refractivity contribution is 6.32. The number of amides is 1. The zero-order valence-electron chi connectivity index (χ0n) is 13.2. The molecule has 0 saturated heterocycles. The maximum atomic E-state index is 11.8. The van der Waals surface area contributed by atoms with Crippen molar-refractivity contribution < 1.29 is 9.53 Å². The molecule has 0 unspecified atom stereocenters. The van der Waals surface area contributed by atoms with Crippen molar-refractivity contribution in [2.75, 3.05) is 19.7 Å². The minimum atomic E-state index is -0.137. The molecule has 4 nitrogen and oxygen atoms in total. The summed E-state index contributed by atoms with van der Waals surface area (Å²) in [5, 5.41) is 3.37. The minimum absolute atomic E-state index is 0.0207. The van der Waals surface area contributed by atoms with E-state index in [0.717, 1.165) is 6.54 Å². The molecule has 118 valence electrons. The van der Waals surface area contributed by atoms with Crippen LogP contribution < -0.4 is 10.1 Å². The van der Waals surface area contributed by atoms with Gasteiger partial charge in [0.2, 0.25) is 0 Å². The predicted molar refractivity (Wildman–Crippen MR) is 86.9 cm³/mol. The number of para-hydroxylation sites is 1. The smallest absolute Gasteiger partial charge is 0.257 e. The van der Waals surface area contributed by atoms with Crippen LogP contribution in [0.4, 0.5) is 0 Å². The lowest BCUT2D eigenvalue weighted by Crippen LogP contribution is -2.43. The third kappa shape index (κ3) is 6.36. The van der Waals surface area contributed by atoms with Crippen molar-refractivity contribution in [2.24, 2.45) is 0 Å². The molecule has 0 spiro atoms. The molecule has 0 heterocycles. The lowest BCUT2D eigenvalue weighted by atomic mass is 10.2. The highest BCUT2D eigenvalue weighted by atomic mass is 35.5. The second kappa shape index (κ2) is 8.90. The summed E-state index contributed by atoms with van der Waals surface area (Å²) in [4.78, 5) is 14.1. The van der Waals surface area contributed by atoms with E-state index in [1.807, 2.05) is 12.1 Å². The van der Waals surface area contributed by atoms with Gasteiger partial charge in [0.25, 0.3) is 5.91 Å². The topological polar surface area (TPSA) is 41.6 Å². The highest BCUT2D eigenvalue weighted by Crippen LogP contribution is 2.22. The van der Waals surface area contributed by atoms with E-state index in [4.69, 9.17) is 16.3 Å². The summed E-state index contributed by atoms with van der Waals surface area (Å²) in [6.45, 7) is 10.0. The molecule has 0 radical (unpaired) electrons. The van der Waals surface area contributed by atoms with Gasteiger partial charge in [0.05, 0.1) is 5.02 Å². The number of rotatable bonds is 8. The largest absolute Gasteiger partial charge is 0.482 e. The van der Waals surface area contributed by atoms with Crippen LogP contribution in [0.2, 0.25) is 5.02 Å². The number of benzene rings is 1. The quantitative estimate of drug-likeness (QED) is 0.802. The number of carbonyl (C=O) groups is 1. The Hall–Kier alpha value is -1.26. The van der Waals surface area contributed by atoms with Crippen molar-refractivity contribution in [3.05, 3.63) is 29.3 Å². The van der Waals surface area contributed by atoms with E-state index in [1.54, 1.807) is 12.1 Å². The Labute approximate surface area is 132 Å². The summed E-state index contributed by atoms with van der Waals surface area (Å²) < 4.78 is 5.39. The molecule has 0 aliphatic carbocycles. The van der Waals surface area contributed by atoms with Gasteiger partial charge in [-0.15, -0.1) is 0 Å². The second-order valence-electron chi connectivity index (χ2n) is 5.49. The predicted octanol–water partition coefficient (Wildman–Crippen LogP) is 2.95. The van der Waals surface area contributed by atoms with Gasteiger partial charge in [0.15, 0.2) is 6.61 Å². The summed E-state index contributed by atoms with van der Waals surface area (Å²) in [5.74, 6) is 0.391. The van der Waals surface area contributed by atoms with Crippen LogP contribution in [0.3, 0.4) is 0 Å². The molecular weight excluding hydrogens is 288 g/mol. The Balaban J connectivity index is 2.30. The summed E-state index contributed by atoms with van der Waals surface area (Å²) in [5.41, 5.74) is 0. The molecule has 1 amide bonds. The van der Waals surface area contributed by atoms with Crippen LogP contribution in [0, 0.1) is 0 Å². The molecule has 5 heteroatoms. The summed E-state index contributed by atoms with van der Waals surface area (Å²) >= 11 is 5.96. The van der Waals surface area contributed by atoms with Crippen LogP contribution in [0.15, 0.2) is 24.3 Å². The summed E-state index contributed by atoms with van der Waals surface area (Å²) in [7, 11) is 0. The molecule has 0 atom stereocenters. The van der Waals surface area contributed by atoms with E-state index in [9.17, 15) is 4.79 Å². The fourth-order valence-electron chi connectivity index (χ4n) is 2.19. The van der Waals surface area contributed by atoms with E-state index >= 15 is 0 Å². The fourth-order valence-corrected chi connectivity index (χ4v) is 2.38. The summed E-state index contributed by atoms with van der Waals surface area (Å²) in [6, 6.07) is 8.04. The Bertz CT molecular complexity index is 442. The van der Waals surface area contributed by atoms with Crippen LogP contribution >= 0.6 is 11.6 Å². The number of hydrogen-bond donors (Lipinski definition) is 1. The third-order valence-corrected chi connectivity index (χ3v) is 3.53. The number of ether oxygens (including phenoxy) is 1. The maximum Gasteiger partial charge on any atom is 0.257 e. The Morgan fingerprint density at radius 1 is 1.24 bits per heavy atom. The number of nitrogens with one attached hydrogen (secondary N) is 1. The van der Waals surface area contributed by atoms with Crippen molar-refractivity contribution in [1.82, 2.24) is 10.2 Å². The van der Waals surface area contributed by atoms with Gasteiger partial charge in [-0.25, -0.2) is 0 Å². The van der Waals surface area contributed by atoms with E-state index in [2.05, 4.69) is 37.9 Å². The van der Waals surface area contributed by atoms with Crippen molar-refractivity contribution >= 4 is 17.5 Å². The average molecular weight is 313 g/mol. The van der Waals surface area contributed by atoms with Crippen LogP contribution in [0.25, 0.3) is 0 Å². The van der Waals surface area contributed by atoms with Crippen molar-refractivity contribution in [1.29, 1.82) is 0 Å². The Morgan fingerprint density at radius 2 is 1.86 bits per heavy atom. The fraction of sp³-hybridized carbons (Fsp3) is 0.562. The van der Waals surface area contributed by atoms with Crippen molar-refractivity contribution in [3.63, 3.8) is 0 Å². The first-order chi connectivity index (χ1) is 9.91. The van der Waals surface area contributed by atoms with Gasteiger partial charge in [0.1, 0.15) is 5.75 Å². The molecule has 0 saturated carbocycles. The first-order valence-corrected chi connectivity index (χ1v) is 7.69. The maximum absolute atomic E-state index is 11.8. The molecule has 21 heavy (non-hydrogen) atoms. The number of hydrogen-bond acceptors (Lipinski definition) is 3. The van der Waals surface area contributed by atoms with Crippen LogP contribution in [0.1, 0.15) is 27.7 Å². The molecular formula is C16H25ClN2O2. The van der Waals surface area contributed by atoms with E-state index in [-0.39, 0.29) is 12.5 Å². The number of carbonyl (C=O) groups excluding carboxylic acids is 1. The molecule has 1 N–H and O–H groups in total. The van der Waals surface area contributed by atoms with Gasteiger partial charge in [-0.3, -0.25) is 9.69 Å². The molecule has 1 aromatic rings. The Morgan fingerprint density at radius 3 is 2.43 bits per heavy atom. The summed E-state index contributed by atoms with van der Waals surface area (Å²) in [6.07, 6.45) is 0. The first-order valence-electron chi connectivity index (χ1n) is 7.31. The van der Waals surface area contributed by atoms with Crippen LogP contribution in [-0.4, -0.2) is 42.6 Å². The molecule has 0 aliphatic heterocycles. The monoisotopic (exact) mass is 312 g/mol. The van der Waals surface area contributed by atoms with Gasteiger partial charge in [-0.2, -0.15) is 0 Å². The number of nitrogens with zero attached hydrogens (tertiary/aromatic N) is 1. The van der Waals surface area contributed by atoms with Gasteiger partial charge in [-0.05, 0) is 39.8 Å². The SMILES string of the molecule is CC(C)N(CCNC(=O)COc1ccccc1Cl)C(C)C. The second-order valence-corrected chi connectivity index (χ2v) is 5.90. The zero-order valence-corrected chi connectivity index (χ0v) is 14.0. The number of halogens is 1. The highest BCUT2D eigenvalue weighted by Gasteiger charge is 2.13. The Kier molecular flexibility index (Phi) is 7.54. The van der Waals surface area contributed by atoms with Crippen molar-refractivity contribution in [3.8, 4) is 5.75 Å². The molecule has 0 aromatic heterocycles. The van der Waals surface area contributed by atoms with E-state index in [1.165, 1.54) is 0 Å². The first kappa shape index (κ1) is 17.8. The van der Waals surface area contributed by atoms with Crippen LogP contribution in [0.5, 0.6) is 5.75 Å². The molecule has 1 rings (SSSR count). The average Bonchev–Trinajstić information content (AvgIpc) is 2.41. The standard InChI is InChI=1S/C16H25ClN2O2/c1-12(2)19(13(3)4)10-9-18-16(20)11-21-15-8-6-5-7-14(15)17/h5-8,12-13H,9-11H2,1-4H3,(H,18,20). The lowest BCUT2D eigenvalue weighted by Gasteiger charge is -2.30. The van der Waals surface area contributed by atoms with Gasteiger partial charge in [0, 0.05) is 25.2 Å². The van der Waals surface area contributed by atoms with Crippen molar-refractivity contribution in [2.45, 2.75) is 39.8 Å².